The number of halogens is 1. The molecule has 0 aliphatic carbocycles. The standard InChI is InChI=1S/C17H23N3OS.HI/c1-13(15-8-9-22-12-15)10-19-17(18-2)20-11-14-6-4-5-7-16(14)21-3;/h4-9,12-13H,10-11H2,1-3H3,(H2,18,19,20);1H. The number of methoxy groups -OCH3 is 1. The molecule has 0 radical (unpaired) electrons. The molecule has 1 atom stereocenters. The molecule has 0 aliphatic rings. The average molecular weight is 445 g/mol. The summed E-state index contributed by atoms with van der Waals surface area (Å²) in [5.74, 6) is 2.14. The topological polar surface area (TPSA) is 45.7 Å². The molecule has 0 spiro atoms. The first-order chi connectivity index (χ1) is 10.7. The van der Waals surface area contributed by atoms with Crippen molar-refractivity contribution in [2.45, 2.75) is 19.4 Å². The summed E-state index contributed by atoms with van der Waals surface area (Å²) < 4.78 is 5.36. The lowest BCUT2D eigenvalue weighted by Crippen LogP contribution is -2.38. The number of nitrogens with zero attached hydrogens (tertiary/aromatic N) is 1. The first kappa shape index (κ1) is 19.8. The molecule has 0 aliphatic heterocycles. The minimum absolute atomic E-state index is 0. The molecule has 126 valence electrons. The maximum absolute atomic E-state index is 5.36. The van der Waals surface area contributed by atoms with E-state index in [1.165, 1.54) is 5.56 Å². The van der Waals surface area contributed by atoms with Gasteiger partial charge < -0.3 is 15.4 Å². The van der Waals surface area contributed by atoms with E-state index in [1.807, 2.05) is 24.3 Å². The van der Waals surface area contributed by atoms with Crippen LogP contribution in [-0.2, 0) is 6.54 Å². The Morgan fingerprint density at radius 1 is 1.26 bits per heavy atom. The zero-order chi connectivity index (χ0) is 15.8. The Bertz CT molecular complexity index is 602. The van der Waals surface area contributed by atoms with Gasteiger partial charge in [0.1, 0.15) is 5.75 Å². The Morgan fingerprint density at radius 2 is 2.04 bits per heavy atom. The normalized spacial score (nSPS) is 12.2. The van der Waals surface area contributed by atoms with Gasteiger partial charge in [0.25, 0.3) is 0 Å². The summed E-state index contributed by atoms with van der Waals surface area (Å²) in [6, 6.07) is 10.2. The number of benzene rings is 1. The highest BCUT2D eigenvalue weighted by atomic mass is 127. The smallest absolute Gasteiger partial charge is 0.191 e. The molecule has 1 heterocycles. The van der Waals surface area contributed by atoms with E-state index in [1.54, 1.807) is 25.5 Å². The monoisotopic (exact) mass is 445 g/mol. The SMILES string of the molecule is CN=C(NCc1ccccc1OC)NCC(C)c1ccsc1.I. The largest absolute Gasteiger partial charge is 0.496 e. The van der Waals surface area contributed by atoms with E-state index in [2.05, 4.69) is 39.4 Å². The average Bonchev–Trinajstić information content (AvgIpc) is 3.09. The van der Waals surface area contributed by atoms with Gasteiger partial charge in [0.05, 0.1) is 7.11 Å². The van der Waals surface area contributed by atoms with E-state index in [9.17, 15) is 0 Å². The zero-order valence-electron chi connectivity index (χ0n) is 13.7. The minimum atomic E-state index is 0. The summed E-state index contributed by atoms with van der Waals surface area (Å²) in [4.78, 5) is 4.27. The van der Waals surface area contributed by atoms with E-state index < -0.39 is 0 Å². The summed E-state index contributed by atoms with van der Waals surface area (Å²) in [6.45, 7) is 3.74. The number of ether oxygens (including phenoxy) is 1. The van der Waals surface area contributed by atoms with Crippen LogP contribution in [0.25, 0.3) is 0 Å². The highest BCUT2D eigenvalue weighted by Gasteiger charge is 2.07. The maximum Gasteiger partial charge on any atom is 0.191 e. The lowest BCUT2D eigenvalue weighted by Gasteiger charge is -2.16. The van der Waals surface area contributed by atoms with Gasteiger partial charge in [-0.05, 0) is 34.4 Å². The molecule has 1 aromatic carbocycles. The van der Waals surface area contributed by atoms with Gasteiger partial charge in [0, 0.05) is 25.7 Å². The summed E-state index contributed by atoms with van der Waals surface area (Å²) in [6.07, 6.45) is 0. The van der Waals surface area contributed by atoms with Gasteiger partial charge in [-0.2, -0.15) is 11.3 Å². The lowest BCUT2D eigenvalue weighted by atomic mass is 10.1. The van der Waals surface area contributed by atoms with Crippen LogP contribution >= 0.6 is 35.3 Å². The van der Waals surface area contributed by atoms with Crippen LogP contribution in [0.3, 0.4) is 0 Å². The van der Waals surface area contributed by atoms with Gasteiger partial charge in [-0.25, -0.2) is 0 Å². The molecule has 2 aromatic rings. The Kier molecular flexibility index (Phi) is 9.01. The molecule has 0 bridgehead atoms. The van der Waals surface area contributed by atoms with Crippen molar-refractivity contribution in [2.75, 3.05) is 20.7 Å². The third-order valence-electron chi connectivity index (χ3n) is 3.55. The van der Waals surface area contributed by atoms with Crippen LogP contribution in [0.5, 0.6) is 5.75 Å². The Hall–Kier alpha value is -1.28. The summed E-state index contributed by atoms with van der Waals surface area (Å²) >= 11 is 1.73. The van der Waals surface area contributed by atoms with Gasteiger partial charge in [-0.15, -0.1) is 24.0 Å². The predicted molar refractivity (Wildman–Crippen MR) is 109 cm³/mol. The quantitative estimate of drug-likeness (QED) is 0.404. The molecule has 0 fully saturated rings. The van der Waals surface area contributed by atoms with E-state index in [-0.39, 0.29) is 24.0 Å². The van der Waals surface area contributed by atoms with Crippen molar-refractivity contribution in [3.05, 3.63) is 52.2 Å². The van der Waals surface area contributed by atoms with Gasteiger partial charge in [0.15, 0.2) is 5.96 Å². The number of aliphatic imine (C=N–C) groups is 1. The van der Waals surface area contributed by atoms with Gasteiger partial charge in [-0.1, -0.05) is 25.1 Å². The van der Waals surface area contributed by atoms with Crippen LogP contribution in [-0.4, -0.2) is 26.7 Å². The second-order valence-corrected chi connectivity index (χ2v) is 5.86. The first-order valence-electron chi connectivity index (χ1n) is 7.33. The molecule has 2 rings (SSSR count). The third-order valence-corrected chi connectivity index (χ3v) is 4.25. The number of guanidine groups is 1. The number of hydrogen-bond acceptors (Lipinski definition) is 3. The molecular weight excluding hydrogens is 421 g/mol. The minimum Gasteiger partial charge on any atom is -0.496 e. The van der Waals surface area contributed by atoms with Crippen LogP contribution in [0.15, 0.2) is 46.1 Å². The molecule has 4 nitrogen and oxygen atoms in total. The molecular formula is C17H24IN3OS. The van der Waals surface area contributed by atoms with Crippen molar-refractivity contribution < 1.29 is 4.74 Å². The fourth-order valence-electron chi connectivity index (χ4n) is 2.17. The number of rotatable bonds is 6. The van der Waals surface area contributed by atoms with Gasteiger partial charge in [0.2, 0.25) is 0 Å². The lowest BCUT2D eigenvalue weighted by molar-refractivity contribution is 0.409. The Morgan fingerprint density at radius 3 is 2.70 bits per heavy atom. The van der Waals surface area contributed by atoms with Crippen LogP contribution in [0.1, 0.15) is 24.0 Å². The van der Waals surface area contributed by atoms with Crippen molar-refractivity contribution in [2.24, 2.45) is 4.99 Å². The van der Waals surface area contributed by atoms with Crippen LogP contribution < -0.4 is 15.4 Å². The van der Waals surface area contributed by atoms with E-state index in [0.29, 0.717) is 12.5 Å². The van der Waals surface area contributed by atoms with Crippen molar-refractivity contribution in [1.82, 2.24) is 10.6 Å². The van der Waals surface area contributed by atoms with Crippen molar-refractivity contribution in [3.8, 4) is 5.75 Å². The second kappa shape index (κ2) is 10.5. The van der Waals surface area contributed by atoms with Crippen LogP contribution in [0.2, 0.25) is 0 Å². The Balaban J connectivity index is 0.00000264. The van der Waals surface area contributed by atoms with E-state index >= 15 is 0 Å². The number of thiophene rings is 1. The molecule has 2 N–H and O–H groups in total. The fraction of sp³-hybridized carbons (Fsp3) is 0.353. The first-order valence-corrected chi connectivity index (χ1v) is 8.27. The third kappa shape index (κ3) is 6.02. The van der Waals surface area contributed by atoms with Crippen molar-refractivity contribution >= 4 is 41.3 Å². The summed E-state index contributed by atoms with van der Waals surface area (Å²) in [5.41, 5.74) is 2.47. The predicted octanol–water partition coefficient (Wildman–Crippen LogP) is 3.84. The fourth-order valence-corrected chi connectivity index (χ4v) is 2.95. The van der Waals surface area contributed by atoms with Crippen LogP contribution in [0, 0.1) is 0 Å². The molecule has 0 saturated carbocycles. The molecule has 1 unspecified atom stereocenters. The van der Waals surface area contributed by atoms with Gasteiger partial charge in [-0.3, -0.25) is 4.99 Å². The van der Waals surface area contributed by atoms with Gasteiger partial charge >= 0.3 is 0 Å². The van der Waals surface area contributed by atoms with E-state index in [4.69, 9.17) is 4.74 Å². The molecule has 6 heteroatoms. The number of para-hydroxylation sites is 1. The molecule has 23 heavy (non-hydrogen) atoms. The zero-order valence-corrected chi connectivity index (χ0v) is 16.9. The van der Waals surface area contributed by atoms with E-state index in [0.717, 1.165) is 23.8 Å². The van der Waals surface area contributed by atoms with Crippen molar-refractivity contribution in [3.63, 3.8) is 0 Å². The van der Waals surface area contributed by atoms with Crippen molar-refractivity contribution in [1.29, 1.82) is 0 Å². The van der Waals surface area contributed by atoms with Crippen LogP contribution in [0.4, 0.5) is 0 Å². The number of nitrogens with one attached hydrogen (secondary N) is 2. The highest BCUT2D eigenvalue weighted by molar-refractivity contribution is 14.0. The second-order valence-electron chi connectivity index (χ2n) is 5.08. The molecule has 1 aromatic heterocycles. The number of hydrogen-bond donors (Lipinski definition) is 2. The highest BCUT2D eigenvalue weighted by Crippen LogP contribution is 2.18. The summed E-state index contributed by atoms with van der Waals surface area (Å²) in [7, 11) is 3.47. The Labute approximate surface area is 159 Å². The summed E-state index contributed by atoms with van der Waals surface area (Å²) in [5, 5.41) is 11.0. The maximum atomic E-state index is 5.36. The molecule has 0 saturated heterocycles. The molecule has 0 amide bonds.